The van der Waals surface area contributed by atoms with Crippen molar-refractivity contribution in [3.63, 3.8) is 0 Å². The van der Waals surface area contributed by atoms with Crippen molar-refractivity contribution < 1.29 is 4.79 Å². The molecule has 1 aliphatic carbocycles. The Kier molecular flexibility index (Phi) is 2.73. The zero-order chi connectivity index (χ0) is 11.7. The summed E-state index contributed by atoms with van der Waals surface area (Å²) in [7, 11) is 0. The fourth-order valence-corrected chi connectivity index (χ4v) is 2.76. The molecule has 3 rings (SSSR count). The van der Waals surface area contributed by atoms with Crippen molar-refractivity contribution in [2.45, 2.75) is 25.7 Å². The minimum absolute atomic E-state index is 0.0525. The van der Waals surface area contributed by atoms with E-state index in [1.54, 1.807) is 5.38 Å². The molecule has 17 heavy (non-hydrogen) atoms. The Bertz CT molecular complexity index is 549. The lowest BCUT2D eigenvalue weighted by Crippen LogP contribution is -2.04. The Morgan fingerprint density at radius 3 is 3.00 bits per heavy atom. The van der Waals surface area contributed by atoms with Crippen LogP contribution in [0.5, 0.6) is 0 Å². The number of aromatic nitrogens is 2. The summed E-state index contributed by atoms with van der Waals surface area (Å²) in [4.78, 5) is 11.9. The molecule has 1 heterocycles. The second kappa shape index (κ2) is 4.37. The molecule has 4 heteroatoms. The molecule has 0 amide bonds. The van der Waals surface area contributed by atoms with Gasteiger partial charge < -0.3 is 0 Å². The molecule has 0 fully saturated rings. The number of rotatable bonds is 3. The molecule has 0 radical (unpaired) electrons. The molecule has 2 aromatic rings. The maximum absolute atomic E-state index is 11.9. The molecule has 0 saturated carbocycles. The molecule has 0 saturated heterocycles. The minimum atomic E-state index is 0.0525. The molecule has 0 N–H and O–H groups in total. The van der Waals surface area contributed by atoms with E-state index >= 15 is 0 Å². The van der Waals surface area contributed by atoms with Crippen LogP contribution in [0.15, 0.2) is 23.6 Å². The second-order valence-corrected chi connectivity index (χ2v) is 4.96. The van der Waals surface area contributed by atoms with Gasteiger partial charge in [-0.25, -0.2) is 0 Å². The van der Waals surface area contributed by atoms with E-state index in [4.69, 9.17) is 0 Å². The summed E-state index contributed by atoms with van der Waals surface area (Å²) >= 11 is 1.22. The van der Waals surface area contributed by atoms with Crippen LogP contribution in [0.1, 0.15) is 33.6 Å². The van der Waals surface area contributed by atoms with Gasteiger partial charge in [-0.3, -0.25) is 4.79 Å². The Hall–Kier alpha value is -1.55. The van der Waals surface area contributed by atoms with Gasteiger partial charge in [0.1, 0.15) is 5.69 Å². The van der Waals surface area contributed by atoms with Crippen LogP contribution < -0.4 is 0 Å². The molecule has 86 valence electrons. The summed E-state index contributed by atoms with van der Waals surface area (Å²) in [5, 5.41) is 5.51. The Labute approximate surface area is 104 Å². The molecule has 0 aliphatic heterocycles. The highest BCUT2D eigenvalue weighted by Crippen LogP contribution is 2.23. The second-order valence-electron chi connectivity index (χ2n) is 4.35. The van der Waals surface area contributed by atoms with Crippen molar-refractivity contribution in [2.75, 3.05) is 0 Å². The van der Waals surface area contributed by atoms with Crippen molar-refractivity contribution in [2.24, 2.45) is 0 Å². The third kappa shape index (κ3) is 2.13. The van der Waals surface area contributed by atoms with Crippen LogP contribution in [0.3, 0.4) is 0 Å². The molecular weight excluding hydrogens is 232 g/mol. The van der Waals surface area contributed by atoms with Crippen molar-refractivity contribution in [1.29, 1.82) is 0 Å². The standard InChI is InChI=1S/C13H12N2OS/c16-13(12-8-17-15-14-12)7-9-4-5-10-2-1-3-11(10)6-9/h4-6,8H,1-3,7H2. The van der Waals surface area contributed by atoms with Gasteiger partial charge in [0, 0.05) is 11.8 Å². The topological polar surface area (TPSA) is 42.9 Å². The Balaban J connectivity index is 1.80. The van der Waals surface area contributed by atoms with Gasteiger partial charge in [-0.05, 0) is 47.5 Å². The third-order valence-corrected chi connectivity index (χ3v) is 3.68. The molecule has 0 bridgehead atoms. The first-order chi connectivity index (χ1) is 8.33. The summed E-state index contributed by atoms with van der Waals surface area (Å²) in [6, 6.07) is 6.38. The van der Waals surface area contributed by atoms with Crippen molar-refractivity contribution in [3.05, 3.63) is 46.0 Å². The van der Waals surface area contributed by atoms with Gasteiger partial charge in [-0.2, -0.15) is 0 Å². The number of ketones is 1. The third-order valence-electron chi connectivity index (χ3n) is 3.17. The number of carbonyl (C=O) groups excluding carboxylic acids is 1. The first-order valence-electron chi connectivity index (χ1n) is 5.74. The number of aryl methyl sites for hydroxylation is 2. The van der Waals surface area contributed by atoms with Crippen LogP contribution in [0.25, 0.3) is 0 Å². The number of fused-ring (bicyclic) bond motifs is 1. The normalized spacial score (nSPS) is 13.6. The quantitative estimate of drug-likeness (QED) is 0.779. The maximum atomic E-state index is 11.9. The average molecular weight is 244 g/mol. The number of hydrogen-bond donors (Lipinski definition) is 0. The van der Waals surface area contributed by atoms with Gasteiger partial charge in [0.05, 0.1) is 0 Å². The number of Topliss-reactive ketones (excluding diaryl/α,β-unsaturated/α-hetero) is 1. The summed E-state index contributed by atoms with van der Waals surface area (Å²) < 4.78 is 3.71. The first-order valence-corrected chi connectivity index (χ1v) is 6.57. The molecule has 0 atom stereocenters. The van der Waals surface area contributed by atoms with Gasteiger partial charge in [0.15, 0.2) is 5.78 Å². The van der Waals surface area contributed by atoms with Crippen LogP contribution in [0, 0.1) is 0 Å². The monoisotopic (exact) mass is 244 g/mol. The highest BCUT2D eigenvalue weighted by atomic mass is 32.1. The average Bonchev–Trinajstić information content (AvgIpc) is 2.99. The predicted molar refractivity (Wildman–Crippen MR) is 66.4 cm³/mol. The van der Waals surface area contributed by atoms with E-state index in [0.29, 0.717) is 12.1 Å². The van der Waals surface area contributed by atoms with E-state index in [2.05, 4.69) is 27.8 Å². The summed E-state index contributed by atoms with van der Waals surface area (Å²) in [5.74, 6) is 0.0525. The lowest BCUT2D eigenvalue weighted by atomic mass is 10.0. The van der Waals surface area contributed by atoms with E-state index < -0.39 is 0 Å². The molecule has 1 aliphatic rings. The Morgan fingerprint density at radius 1 is 1.29 bits per heavy atom. The SMILES string of the molecule is O=C(Cc1ccc2c(c1)CCC2)c1csnn1. The van der Waals surface area contributed by atoms with E-state index in [9.17, 15) is 4.79 Å². The smallest absolute Gasteiger partial charge is 0.188 e. The van der Waals surface area contributed by atoms with Gasteiger partial charge in [-0.15, -0.1) is 5.10 Å². The lowest BCUT2D eigenvalue weighted by Gasteiger charge is -2.03. The summed E-state index contributed by atoms with van der Waals surface area (Å²) in [6.45, 7) is 0. The van der Waals surface area contributed by atoms with Gasteiger partial charge in [0.2, 0.25) is 0 Å². The molecule has 0 unspecified atom stereocenters. The largest absolute Gasteiger partial charge is 0.292 e. The van der Waals surface area contributed by atoms with Gasteiger partial charge >= 0.3 is 0 Å². The van der Waals surface area contributed by atoms with Crippen molar-refractivity contribution in [1.82, 2.24) is 9.59 Å². The van der Waals surface area contributed by atoms with Gasteiger partial charge in [0.25, 0.3) is 0 Å². The van der Waals surface area contributed by atoms with E-state index in [1.165, 1.54) is 35.5 Å². The number of benzene rings is 1. The molecule has 1 aromatic heterocycles. The Morgan fingerprint density at radius 2 is 2.18 bits per heavy atom. The molecular formula is C13H12N2OS. The first kappa shape index (κ1) is 10.6. The minimum Gasteiger partial charge on any atom is -0.292 e. The molecule has 1 aromatic carbocycles. The summed E-state index contributed by atoms with van der Waals surface area (Å²) in [5.41, 5.74) is 4.42. The van der Waals surface area contributed by atoms with E-state index in [-0.39, 0.29) is 5.78 Å². The number of carbonyl (C=O) groups is 1. The van der Waals surface area contributed by atoms with Crippen molar-refractivity contribution >= 4 is 17.3 Å². The van der Waals surface area contributed by atoms with E-state index in [1.807, 2.05) is 0 Å². The van der Waals surface area contributed by atoms with E-state index in [0.717, 1.165) is 12.0 Å². The van der Waals surface area contributed by atoms with Crippen molar-refractivity contribution in [3.8, 4) is 0 Å². The van der Waals surface area contributed by atoms with Crippen LogP contribution in [-0.2, 0) is 19.3 Å². The molecule has 0 spiro atoms. The van der Waals surface area contributed by atoms with Crippen LogP contribution in [0.4, 0.5) is 0 Å². The maximum Gasteiger partial charge on any atom is 0.188 e. The molecule has 3 nitrogen and oxygen atoms in total. The van der Waals surface area contributed by atoms with Crippen LogP contribution >= 0.6 is 11.5 Å². The fraction of sp³-hybridized carbons (Fsp3) is 0.308. The van der Waals surface area contributed by atoms with Crippen LogP contribution in [0.2, 0.25) is 0 Å². The highest BCUT2D eigenvalue weighted by molar-refractivity contribution is 7.03. The lowest BCUT2D eigenvalue weighted by molar-refractivity contribution is 0.0988. The van der Waals surface area contributed by atoms with Crippen LogP contribution in [-0.4, -0.2) is 15.4 Å². The zero-order valence-electron chi connectivity index (χ0n) is 9.35. The fourth-order valence-electron chi connectivity index (χ4n) is 2.30. The predicted octanol–water partition coefficient (Wildman–Crippen LogP) is 2.45. The zero-order valence-corrected chi connectivity index (χ0v) is 10.2. The number of hydrogen-bond acceptors (Lipinski definition) is 4. The van der Waals surface area contributed by atoms with Gasteiger partial charge in [-0.1, -0.05) is 22.7 Å². The number of nitrogens with zero attached hydrogens (tertiary/aromatic N) is 2. The summed E-state index contributed by atoms with van der Waals surface area (Å²) in [6.07, 6.45) is 4.00. The highest BCUT2D eigenvalue weighted by Gasteiger charge is 2.14.